The number of fused-ring (bicyclic) bond motifs is 4. The summed E-state index contributed by atoms with van der Waals surface area (Å²) < 4.78 is 2.05. The molecule has 7 rings (SSSR count). The van der Waals surface area contributed by atoms with Crippen LogP contribution in [0.1, 0.15) is 56.7 Å². The SMILES string of the molecule is Cc1cnc2n1-c1ccccc1C(c1ccccc1)=NC2NC(=O)c1ccc2c(c1)CCC1(C2)NC(=O)NC1=O. The van der Waals surface area contributed by atoms with Gasteiger partial charge in [-0.25, -0.2) is 9.78 Å². The van der Waals surface area contributed by atoms with Gasteiger partial charge in [-0.15, -0.1) is 0 Å². The van der Waals surface area contributed by atoms with Gasteiger partial charge in [0.15, 0.2) is 12.0 Å². The summed E-state index contributed by atoms with van der Waals surface area (Å²) in [5.74, 6) is 0.0682. The van der Waals surface area contributed by atoms with Gasteiger partial charge in [0, 0.05) is 35.0 Å². The number of carbonyl (C=O) groups excluding carboxylic acids is 3. The Kier molecular flexibility index (Phi) is 5.41. The second-order valence-electron chi connectivity index (χ2n) is 10.5. The van der Waals surface area contributed by atoms with Crippen LogP contribution in [0.4, 0.5) is 4.79 Å². The third kappa shape index (κ3) is 3.81. The molecule has 1 aromatic heterocycles. The van der Waals surface area contributed by atoms with Crippen molar-refractivity contribution in [1.82, 2.24) is 25.5 Å². The molecule has 4 aromatic rings. The maximum Gasteiger partial charge on any atom is 0.322 e. The fraction of sp³-hybridized carbons (Fsp3) is 0.194. The second kappa shape index (κ2) is 9.01. The van der Waals surface area contributed by atoms with Gasteiger partial charge in [-0.2, -0.15) is 0 Å². The number of aromatic nitrogens is 2. The van der Waals surface area contributed by atoms with E-state index in [9.17, 15) is 14.4 Å². The number of urea groups is 1. The summed E-state index contributed by atoms with van der Waals surface area (Å²) in [4.78, 5) is 47.6. The van der Waals surface area contributed by atoms with E-state index in [0.717, 1.165) is 39.3 Å². The number of para-hydroxylation sites is 1. The van der Waals surface area contributed by atoms with Gasteiger partial charge < -0.3 is 10.6 Å². The quantitative estimate of drug-likeness (QED) is 0.351. The molecule has 1 fully saturated rings. The van der Waals surface area contributed by atoms with Crippen molar-refractivity contribution in [3.05, 3.63) is 118 Å². The van der Waals surface area contributed by atoms with Crippen LogP contribution in [0.2, 0.25) is 0 Å². The number of rotatable bonds is 3. The summed E-state index contributed by atoms with van der Waals surface area (Å²) in [6.45, 7) is 1.99. The number of aryl methyl sites for hydroxylation is 2. The van der Waals surface area contributed by atoms with Crippen LogP contribution < -0.4 is 16.0 Å². The normalized spacial score (nSPS) is 20.9. The van der Waals surface area contributed by atoms with Crippen LogP contribution in [0.5, 0.6) is 0 Å². The third-order valence-electron chi connectivity index (χ3n) is 7.98. The van der Waals surface area contributed by atoms with E-state index in [1.165, 1.54) is 0 Å². The highest BCUT2D eigenvalue weighted by Crippen LogP contribution is 2.33. The predicted molar refractivity (Wildman–Crippen MR) is 148 cm³/mol. The van der Waals surface area contributed by atoms with Crippen LogP contribution >= 0.6 is 0 Å². The Morgan fingerprint density at radius 2 is 1.82 bits per heavy atom. The van der Waals surface area contributed by atoms with E-state index in [4.69, 9.17) is 4.99 Å². The van der Waals surface area contributed by atoms with E-state index >= 15 is 0 Å². The minimum Gasteiger partial charge on any atom is -0.324 e. The van der Waals surface area contributed by atoms with Crippen molar-refractivity contribution in [3.8, 4) is 5.69 Å². The molecule has 3 aliphatic rings. The zero-order chi connectivity index (χ0) is 27.4. The molecule has 2 unspecified atom stereocenters. The Labute approximate surface area is 230 Å². The molecule has 1 aliphatic carbocycles. The van der Waals surface area contributed by atoms with Crippen LogP contribution in [-0.4, -0.2) is 38.6 Å². The highest BCUT2D eigenvalue weighted by Gasteiger charge is 2.47. The van der Waals surface area contributed by atoms with E-state index in [1.807, 2.05) is 78.2 Å². The van der Waals surface area contributed by atoms with E-state index in [1.54, 1.807) is 12.3 Å². The van der Waals surface area contributed by atoms with Gasteiger partial charge in [-0.05, 0) is 49.1 Å². The molecule has 0 radical (unpaired) electrons. The minimum atomic E-state index is -0.916. The van der Waals surface area contributed by atoms with E-state index in [2.05, 4.69) is 20.9 Å². The monoisotopic (exact) mass is 530 g/mol. The number of imidazole rings is 1. The van der Waals surface area contributed by atoms with Crippen LogP contribution in [0.15, 0.2) is 84.0 Å². The van der Waals surface area contributed by atoms with Crippen molar-refractivity contribution < 1.29 is 14.4 Å². The molecule has 3 N–H and O–H groups in total. The summed E-state index contributed by atoms with van der Waals surface area (Å²) in [6, 6.07) is 23.0. The number of hydrogen-bond acceptors (Lipinski definition) is 5. The van der Waals surface area contributed by atoms with Gasteiger partial charge in [-0.1, -0.05) is 54.6 Å². The van der Waals surface area contributed by atoms with Gasteiger partial charge in [0.05, 0.1) is 11.4 Å². The fourth-order valence-corrected chi connectivity index (χ4v) is 5.98. The first-order chi connectivity index (χ1) is 19.4. The lowest BCUT2D eigenvalue weighted by atomic mass is 9.77. The lowest BCUT2D eigenvalue weighted by molar-refractivity contribution is -0.124. The first kappa shape index (κ1) is 24.0. The zero-order valence-corrected chi connectivity index (χ0v) is 21.8. The average Bonchev–Trinajstić information content (AvgIpc) is 3.43. The number of amides is 4. The van der Waals surface area contributed by atoms with Crippen molar-refractivity contribution in [2.75, 3.05) is 0 Å². The van der Waals surface area contributed by atoms with E-state index < -0.39 is 17.7 Å². The number of aliphatic imine (C=N–C) groups is 1. The molecule has 4 amide bonds. The smallest absolute Gasteiger partial charge is 0.322 e. The van der Waals surface area contributed by atoms with Crippen molar-refractivity contribution in [3.63, 3.8) is 0 Å². The maximum absolute atomic E-state index is 13.6. The van der Waals surface area contributed by atoms with Crippen molar-refractivity contribution >= 4 is 23.6 Å². The maximum atomic E-state index is 13.6. The van der Waals surface area contributed by atoms with Gasteiger partial charge in [0.2, 0.25) is 0 Å². The lowest BCUT2D eigenvalue weighted by Gasteiger charge is -2.32. The number of nitrogens with zero attached hydrogens (tertiary/aromatic N) is 3. The first-order valence-electron chi connectivity index (χ1n) is 13.3. The highest BCUT2D eigenvalue weighted by atomic mass is 16.2. The van der Waals surface area contributed by atoms with Crippen LogP contribution in [0.25, 0.3) is 5.69 Å². The molecular formula is C31H26N6O3. The molecule has 3 aromatic carbocycles. The predicted octanol–water partition coefficient (Wildman–Crippen LogP) is 3.53. The largest absolute Gasteiger partial charge is 0.324 e. The summed E-state index contributed by atoms with van der Waals surface area (Å²) >= 11 is 0. The Morgan fingerprint density at radius 1 is 1.02 bits per heavy atom. The molecule has 2 atom stereocenters. The topological polar surface area (TPSA) is 117 Å². The van der Waals surface area contributed by atoms with Gasteiger partial charge in [-0.3, -0.25) is 24.5 Å². The molecule has 198 valence electrons. The third-order valence-corrected chi connectivity index (χ3v) is 7.98. The lowest BCUT2D eigenvalue weighted by Crippen LogP contribution is -2.51. The van der Waals surface area contributed by atoms with E-state index in [0.29, 0.717) is 30.7 Å². The molecule has 3 heterocycles. The Bertz CT molecular complexity index is 1740. The summed E-state index contributed by atoms with van der Waals surface area (Å²) in [7, 11) is 0. The average molecular weight is 531 g/mol. The highest BCUT2D eigenvalue weighted by molar-refractivity contribution is 6.15. The minimum absolute atomic E-state index is 0.269. The molecule has 0 bridgehead atoms. The van der Waals surface area contributed by atoms with Crippen molar-refractivity contribution in [2.45, 2.75) is 37.9 Å². The van der Waals surface area contributed by atoms with Crippen LogP contribution in [0, 0.1) is 6.92 Å². The molecule has 0 saturated carbocycles. The van der Waals surface area contributed by atoms with Gasteiger partial charge in [0.25, 0.3) is 11.8 Å². The Hall–Kier alpha value is -5.05. The van der Waals surface area contributed by atoms with Crippen LogP contribution in [0.3, 0.4) is 0 Å². The molecule has 1 saturated heterocycles. The number of benzene rings is 3. The Morgan fingerprint density at radius 3 is 2.62 bits per heavy atom. The molecular weight excluding hydrogens is 504 g/mol. The fourth-order valence-electron chi connectivity index (χ4n) is 5.98. The van der Waals surface area contributed by atoms with Gasteiger partial charge in [0.1, 0.15) is 5.54 Å². The van der Waals surface area contributed by atoms with Crippen molar-refractivity contribution in [1.29, 1.82) is 0 Å². The standard InChI is InChI=1S/C31H26N6O3/c1-18-17-32-27-26(33-25(19-7-3-2-4-8-19)23-9-5-6-10-24(23)37(18)27)34-28(38)21-11-12-22-16-31(14-13-20(22)15-21)29(39)35-30(40)36-31/h2-12,15,17,26H,13-14,16H2,1H3,(H,34,38)(H2,35,36,39,40). The Balaban J connectivity index is 1.24. The number of nitrogens with one attached hydrogen (secondary N) is 3. The molecule has 9 nitrogen and oxygen atoms in total. The molecule has 2 aliphatic heterocycles. The molecule has 9 heteroatoms. The van der Waals surface area contributed by atoms with Crippen LogP contribution in [-0.2, 0) is 17.6 Å². The zero-order valence-electron chi connectivity index (χ0n) is 21.8. The van der Waals surface area contributed by atoms with Crippen molar-refractivity contribution in [2.24, 2.45) is 4.99 Å². The van der Waals surface area contributed by atoms with E-state index in [-0.39, 0.29) is 11.8 Å². The first-order valence-corrected chi connectivity index (χ1v) is 13.3. The second-order valence-corrected chi connectivity index (χ2v) is 10.5. The number of hydrogen-bond donors (Lipinski definition) is 3. The number of carbonyl (C=O) groups is 3. The molecule has 40 heavy (non-hydrogen) atoms. The summed E-state index contributed by atoms with van der Waals surface area (Å²) in [6.07, 6.45) is 2.51. The number of imide groups is 1. The van der Waals surface area contributed by atoms with Gasteiger partial charge >= 0.3 is 6.03 Å². The molecule has 1 spiro atoms. The summed E-state index contributed by atoms with van der Waals surface area (Å²) in [5, 5.41) is 8.25. The summed E-state index contributed by atoms with van der Waals surface area (Å²) in [5.41, 5.74) is 6.10.